The number of benzene rings is 1. The van der Waals surface area contributed by atoms with E-state index in [1.807, 2.05) is 12.1 Å². The van der Waals surface area contributed by atoms with Crippen molar-refractivity contribution in [3.05, 3.63) is 29.3 Å². The molecule has 1 heterocycles. The van der Waals surface area contributed by atoms with Gasteiger partial charge in [0.2, 0.25) is 10.0 Å². The lowest BCUT2D eigenvalue weighted by molar-refractivity contribution is 0.0784. The SMILES string of the molecule is O=S(=O)(NCC1COCCN1)c1ccc2c(c1)CCC2. The molecule has 5 nitrogen and oxygen atoms in total. The highest BCUT2D eigenvalue weighted by Gasteiger charge is 2.20. The van der Waals surface area contributed by atoms with Gasteiger partial charge in [0.05, 0.1) is 18.1 Å². The van der Waals surface area contributed by atoms with Crippen LogP contribution in [0.15, 0.2) is 23.1 Å². The first kappa shape index (κ1) is 14.0. The van der Waals surface area contributed by atoms with Gasteiger partial charge in [-0.15, -0.1) is 0 Å². The van der Waals surface area contributed by atoms with Crippen LogP contribution in [0, 0.1) is 0 Å². The first-order valence-electron chi connectivity index (χ1n) is 7.08. The van der Waals surface area contributed by atoms with Crippen LogP contribution < -0.4 is 10.0 Å². The Balaban J connectivity index is 1.68. The van der Waals surface area contributed by atoms with Crippen molar-refractivity contribution >= 4 is 10.0 Å². The predicted molar refractivity (Wildman–Crippen MR) is 76.3 cm³/mol. The molecule has 3 rings (SSSR count). The molecule has 6 heteroatoms. The highest BCUT2D eigenvalue weighted by atomic mass is 32.2. The van der Waals surface area contributed by atoms with E-state index in [0.717, 1.165) is 25.8 Å². The van der Waals surface area contributed by atoms with Gasteiger partial charge in [0, 0.05) is 19.1 Å². The van der Waals surface area contributed by atoms with Crippen LogP contribution in [-0.4, -0.2) is 40.8 Å². The molecule has 0 aromatic heterocycles. The Bertz CT molecular complexity index is 580. The van der Waals surface area contributed by atoms with Crippen molar-refractivity contribution in [2.24, 2.45) is 0 Å². The molecule has 2 N–H and O–H groups in total. The van der Waals surface area contributed by atoms with Gasteiger partial charge in [-0.05, 0) is 42.5 Å². The number of ether oxygens (including phenoxy) is 1. The fourth-order valence-corrected chi connectivity index (χ4v) is 3.89. The first-order chi connectivity index (χ1) is 9.65. The number of hydrogen-bond donors (Lipinski definition) is 2. The van der Waals surface area contributed by atoms with Crippen molar-refractivity contribution in [2.45, 2.75) is 30.2 Å². The molecule has 1 aromatic rings. The summed E-state index contributed by atoms with van der Waals surface area (Å²) in [4.78, 5) is 0.370. The van der Waals surface area contributed by atoms with Crippen molar-refractivity contribution in [2.75, 3.05) is 26.3 Å². The van der Waals surface area contributed by atoms with E-state index >= 15 is 0 Å². The van der Waals surface area contributed by atoms with E-state index in [4.69, 9.17) is 4.74 Å². The number of morpholine rings is 1. The highest BCUT2D eigenvalue weighted by Crippen LogP contribution is 2.24. The van der Waals surface area contributed by atoms with Gasteiger partial charge in [-0.3, -0.25) is 0 Å². The third-order valence-electron chi connectivity index (χ3n) is 3.90. The lowest BCUT2D eigenvalue weighted by Crippen LogP contribution is -2.48. The Morgan fingerprint density at radius 1 is 1.30 bits per heavy atom. The Kier molecular flexibility index (Phi) is 4.07. The molecule has 0 radical (unpaired) electrons. The van der Waals surface area contributed by atoms with E-state index < -0.39 is 10.0 Å². The monoisotopic (exact) mass is 296 g/mol. The number of hydrogen-bond acceptors (Lipinski definition) is 4. The predicted octanol–water partition coefficient (Wildman–Crippen LogP) is 0.442. The fourth-order valence-electron chi connectivity index (χ4n) is 2.76. The maximum atomic E-state index is 12.3. The van der Waals surface area contributed by atoms with E-state index in [1.165, 1.54) is 11.1 Å². The lowest BCUT2D eigenvalue weighted by Gasteiger charge is -2.23. The van der Waals surface area contributed by atoms with Gasteiger partial charge < -0.3 is 10.1 Å². The van der Waals surface area contributed by atoms with Crippen LogP contribution >= 0.6 is 0 Å². The number of aryl methyl sites for hydroxylation is 2. The fraction of sp³-hybridized carbons (Fsp3) is 0.571. The average Bonchev–Trinajstić information content (AvgIpc) is 2.94. The van der Waals surface area contributed by atoms with E-state index in [2.05, 4.69) is 10.0 Å². The van der Waals surface area contributed by atoms with E-state index in [1.54, 1.807) is 6.07 Å². The van der Waals surface area contributed by atoms with Crippen LogP contribution in [0.2, 0.25) is 0 Å². The summed E-state index contributed by atoms with van der Waals surface area (Å²) in [6, 6.07) is 5.51. The minimum atomic E-state index is -3.43. The zero-order valence-corrected chi connectivity index (χ0v) is 12.2. The molecule has 1 saturated heterocycles. The molecule has 1 aliphatic heterocycles. The quantitative estimate of drug-likeness (QED) is 0.846. The standard InChI is InChI=1S/C14H20N2O3S/c17-20(18,16-9-13-10-19-7-6-15-13)14-5-4-11-2-1-3-12(11)8-14/h4-5,8,13,15-16H,1-3,6-7,9-10H2. The Morgan fingerprint density at radius 2 is 2.15 bits per heavy atom. The van der Waals surface area contributed by atoms with Crippen molar-refractivity contribution in [3.63, 3.8) is 0 Å². The molecule has 1 atom stereocenters. The van der Waals surface area contributed by atoms with Gasteiger partial charge >= 0.3 is 0 Å². The second-order valence-electron chi connectivity index (χ2n) is 5.36. The first-order valence-corrected chi connectivity index (χ1v) is 8.56. The zero-order chi connectivity index (χ0) is 14.0. The van der Waals surface area contributed by atoms with Gasteiger partial charge in [-0.25, -0.2) is 13.1 Å². The molecule has 20 heavy (non-hydrogen) atoms. The van der Waals surface area contributed by atoms with Crippen LogP contribution in [0.25, 0.3) is 0 Å². The Morgan fingerprint density at radius 3 is 2.95 bits per heavy atom. The molecule has 110 valence electrons. The van der Waals surface area contributed by atoms with E-state index in [-0.39, 0.29) is 6.04 Å². The summed E-state index contributed by atoms with van der Waals surface area (Å²) < 4.78 is 32.6. The third-order valence-corrected chi connectivity index (χ3v) is 5.32. The summed E-state index contributed by atoms with van der Waals surface area (Å²) in [6.07, 6.45) is 3.17. The molecular weight excluding hydrogens is 276 g/mol. The van der Waals surface area contributed by atoms with E-state index in [9.17, 15) is 8.42 Å². The number of fused-ring (bicyclic) bond motifs is 1. The normalized spacial score (nSPS) is 22.7. The summed E-state index contributed by atoms with van der Waals surface area (Å²) in [7, 11) is -3.43. The molecule has 0 amide bonds. The number of nitrogens with one attached hydrogen (secondary N) is 2. The van der Waals surface area contributed by atoms with Gasteiger partial charge in [-0.1, -0.05) is 6.07 Å². The average molecular weight is 296 g/mol. The largest absolute Gasteiger partial charge is 0.378 e. The highest BCUT2D eigenvalue weighted by molar-refractivity contribution is 7.89. The molecule has 1 unspecified atom stereocenters. The van der Waals surface area contributed by atoms with Crippen LogP contribution in [0.1, 0.15) is 17.5 Å². The molecule has 0 saturated carbocycles. The van der Waals surface area contributed by atoms with Crippen molar-refractivity contribution in [1.29, 1.82) is 0 Å². The third kappa shape index (κ3) is 3.03. The minimum Gasteiger partial charge on any atom is -0.378 e. The molecule has 1 fully saturated rings. The summed E-state index contributed by atoms with van der Waals surface area (Å²) in [5, 5.41) is 3.23. The second-order valence-corrected chi connectivity index (χ2v) is 7.13. The molecule has 1 aliphatic carbocycles. The minimum absolute atomic E-state index is 0.0490. The van der Waals surface area contributed by atoms with Crippen molar-refractivity contribution in [1.82, 2.24) is 10.0 Å². The van der Waals surface area contributed by atoms with Crippen molar-refractivity contribution in [3.8, 4) is 0 Å². The second kappa shape index (κ2) is 5.81. The Labute approximate surface area is 119 Å². The van der Waals surface area contributed by atoms with Gasteiger partial charge in [0.1, 0.15) is 0 Å². The van der Waals surface area contributed by atoms with E-state index in [0.29, 0.717) is 24.7 Å². The number of rotatable bonds is 4. The lowest BCUT2D eigenvalue weighted by atomic mass is 10.1. The maximum absolute atomic E-state index is 12.3. The summed E-state index contributed by atoms with van der Waals surface area (Å²) in [5.41, 5.74) is 2.46. The van der Waals surface area contributed by atoms with Crippen molar-refractivity contribution < 1.29 is 13.2 Å². The topological polar surface area (TPSA) is 67.4 Å². The molecular formula is C14H20N2O3S. The Hall–Kier alpha value is -0.950. The molecule has 0 spiro atoms. The molecule has 1 aromatic carbocycles. The van der Waals surface area contributed by atoms with Crippen LogP contribution in [0.4, 0.5) is 0 Å². The van der Waals surface area contributed by atoms with Gasteiger partial charge in [0.25, 0.3) is 0 Å². The summed E-state index contributed by atoms with van der Waals surface area (Å²) in [6.45, 7) is 2.37. The smallest absolute Gasteiger partial charge is 0.240 e. The zero-order valence-electron chi connectivity index (χ0n) is 11.4. The van der Waals surface area contributed by atoms with Gasteiger partial charge in [-0.2, -0.15) is 0 Å². The van der Waals surface area contributed by atoms with Crippen LogP contribution in [0.5, 0.6) is 0 Å². The maximum Gasteiger partial charge on any atom is 0.240 e. The molecule has 2 aliphatic rings. The summed E-state index contributed by atoms with van der Waals surface area (Å²) in [5.74, 6) is 0. The number of sulfonamides is 1. The summed E-state index contributed by atoms with van der Waals surface area (Å²) >= 11 is 0. The van der Waals surface area contributed by atoms with Crippen LogP contribution in [0.3, 0.4) is 0 Å². The molecule has 0 bridgehead atoms. The van der Waals surface area contributed by atoms with Gasteiger partial charge in [0.15, 0.2) is 0 Å². The van der Waals surface area contributed by atoms with Crippen LogP contribution in [-0.2, 0) is 27.6 Å².